The van der Waals surface area contributed by atoms with E-state index in [0.717, 1.165) is 20.8 Å². The molecule has 0 unspecified atom stereocenters. The van der Waals surface area contributed by atoms with Crippen molar-refractivity contribution in [3.05, 3.63) is 16.8 Å². The number of carbonyl (C=O) groups is 2. The third kappa shape index (κ3) is 5.15. The number of thiophene rings is 1. The van der Waals surface area contributed by atoms with E-state index in [-0.39, 0.29) is 24.3 Å². The number of esters is 1. The number of hydrogen-bond acceptors (Lipinski definition) is 7. The van der Waals surface area contributed by atoms with Crippen molar-refractivity contribution in [3.8, 4) is 0 Å². The van der Waals surface area contributed by atoms with E-state index in [4.69, 9.17) is 4.74 Å². The molecule has 25 heavy (non-hydrogen) atoms. The van der Waals surface area contributed by atoms with E-state index < -0.39 is 5.97 Å². The summed E-state index contributed by atoms with van der Waals surface area (Å²) in [4.78, 5) is 34.3. The van der Waals surface area contributed by atoms with Crippen LogP contribution in [0.5, 0.6) is 0 Å². The molecule has 0 spiro atoms. The molecule has 0 radical (unpaired) electrons. The van der Waals surface area contributed by atoms with Crippen molar-refractivity contribution in [2.24, 2.45) is 5.92 Å². The van der Waals surface area contributed by atoms with Gasteiger partial charge in [-0.15, -0.1) is 11.3 Å². The van der Waals surface area contributed by atoms with E-state index in [0.29, 0.717) is 5.92 Å². The number of carbonyl (C=O) groups excluding carboxylic acids is 2. The van der Waals surface area contributed by atoms with Gasteiger partial charge >= 0.3 is 5.97 Å². The van der Waals surface area contributed by atoms with Crippen molar-refractivity contribution in [2.75, 3.05) is 12.4 Å². The second-order valence-corrected chi connectivity index (χ2v) is 8.36. The molecule has 0 fully saturated rings. The fourth-order valence-corrected chi connectivity index (χ4v) is 3.95. The number of hydrogen-bond donors (Lipinski definition) is 1. The Bertz CT molecular complexity index is 774. The molecule has 0 aliphatic carbocycles. The molecule has 8 heteroatoms. The summed E-state index contributed by atoms with van der Waals surface area (Å²) in [7, 11) is 0. The van der Waals surface area contributed by atoms with Crippen LogP contribution in [-0.2, 0) is 14.3 Å². The number of amides is 1. The van der Waals surface area contributed by atoms with E-state index in [1.807, 2.05) is 34.6 Å². The first-order valence-corrected chi connectivity index (χ1v) is 9.88. The Balaban J connectivity index is 1.88. The molecular formula is C17H23N3O3S2. The Morgan fingerprint density at radius 3 is 2.68 bits per heavy atom. The highest BCUT2D eigenvalue weighted by Crippen LogP contribution is 2.34. The number of thioether (sulfide) groups is 1. The maximum absolute atomic E-state index is 11.9. The average Bonchev–Trinajstić information content (AvgIpc) is 2.86. The van der Waals surface area contributed by atoms with Crippen molar-refractivity contribution in [1.82, 2.24) is 15.3 Å². The van der Waals surface area contributed by atoms with Gasteiger partial charge in [-0.2, -0.15) is 0 Å². The summed E-state index contributed by atoms with van der Waals surface area (Å²) >= 11 is 2.92. The molecule has 2 aromatic rings. The molecule has 136 valence electrons. The predicted molar refractivity (Wildman–Crippen MR) is 101 cm³/mol. The van der Waals surface area contributed by atoms with E-state index >= 15 is 0 Å². The van der Waals surface area contributed by atoms with Crippen molar-refractivity contribution in [2.45, 2.75) is 45.7 Å². The third-order valence-electron chi connectivity index (χ3n) is 4.01. The van der Waals surface area contributed by atoms with Crippen LogP contribution in [0.25, 0.3) is 10.2 Å². The zero-order valence-corrected chi connectivity index (χ0v) is 16.7. The van der Waals surface area contributed by atoms with E-state index in [2.05, 4.69) is 15.3 Å². The molecule has 0 saturated heterocycles. The highest BCUT2D eigenvalue weighted by atomic mass is 32.2. The van der Waals surface area contributed by atoms with Gasteiger partial charge in [0.05, 0.1) is 5.75 Å². The fourth-order valence-electron chi connectivity index (χ4n) is 2.04. The molecule has 0 aliphatic rings. The van der Waals surface area contributed by atoms with Crippen molar-refractivity contribution in [1.29, 1.82) is 0 Å². The second kappa shape index (κ2) is 8.62. The van der Waals surface area contributed by atoms with Crippen LogP contribution >= 0.6 is 23.1 Å². The van der Waals surface area contributed by atoms with Gasteiger partial charge in [-0.1, -0.05) is 25.6 Å². The number of aryl methyl sites for hydroxylation is 2. The minimum Gasteiger partial charge on any atom is -0.455 e. The van der Waals surface area contributed by atoms with Crippen LogP contribution in [0.3, 0.4) is 0 Å². The average molecular weight is 382 g/mol. The zero-order chi connectivity index (χ0) is 18.6. The molecule has 0 aromatic carbocycles. The van der Waals surface area contributed by atoms with Gasteiger partial charge in [0.25, 0.3) is 5.91 Å². The number of nitrogens with zero attached hydrogens (tertiary/aromatic N) is 2. The summed E-state index contributed by atoms with van der Waals surface area (Å²) in [5.74, 6) is -0.289. The van der Waals surface area contributed by atoms with E-state index in [9.17, 15) is 9.59 Å². The quantitative estimate of drug-likeness (QED) is 0.451. The maximum Gasteiger partial charge on any atom is 0.316 e. The first kappa shape index (κ1) is 19.7. The van der Waals surface area contributed by atoms with Crippen LogP contribution in [0.15, 0.2) is 11.4 Å². The largest absolute Gasteiger partial charge is 0.455 e. The Morgan fingerprint density at radius 1 is 1.28 bits per heavy atom. The van der Waals surface area contributed by atoms with Gasteiger partial charge in [-0.3, -0.25) is 9.59 Å². The predicted octanol–water partition coefficient (Wildman–Crippen LogP) is 3.10. The third-order valence-corrected chi connectivity index (χ3v) is 6.09. The van der Waals surface area contributed by atoms with Gasteiger partial charge in [0, 0.05) is 16.3 Å². The zero-order valence-electron chi connectivity index (χ0n) is 15.1. The second-order valence-electron chi connectivity index (χ2n) is 6.19. The molecule has 1 atom stereocenters. The smallest absolute Gasteiger partial charge is 0.316 e. The monoisotopic (exact) mass is 381 g/mol. The summed E-state index contributed by atoms with van der Waals surface area (Å²) in [5.41, 5.74) is 1.14. The molecule has 2 heterocycles. The molecule has 0 aliphatic heterocycles. The summed E-state index contributed by atoms with van der Waals surface area (Å²) in [6.07, 6.45) is 1.51. The Labute approximate surface area is 155 Å². The topological polar surface area (TPSA) is 81.2 Å². The number of aromatic nitrogens is 2. The molecule has 1 amide bonds. The Morgan fingerprint density at radius 2 is 2.00 bits per heavy atom. The van der Waals surface area contributed by atoms with Gasteiger partial charge in [-0.05, 0) is 32.3 Å². The number of fused-ring (bicyclic) bond motifs is 1. The molecule has 6 nitrogen and oxygen atoms in total. The fraction of sp³-hybridized carbons (Fsp3) is 0.529. The van der Waals surface area contributed by atoms with Crippen molar-refractivity contribution < 1.29 is 14.3 Å². The van der Waals surface area contributed by atoms with E-state index in [1.165, 1.54) is 23.0 Å². The standard InChI is InChI=1S/C17H23N3O3S2/c1-9(2)11(4)20-13(21)6-23-14(22)7-24-16-15-10(3)12(5)25-17(15)19-8-18-16/h8-9,11H,6-7H2,1-5H3,(H,20,21)/t11-/m1/s1. The highest BCUT2D eigenvalue weighted by Gasteiger charge is 2.16. The minimum atomic E-state index is -0.436. The summed E-state index contributed by atoms with van der Waals surface area (Å²) in [5, 5.41) is 4.56. The molecule has 0 saturated carbocycles. The number of nitrogens with one attached hydrogen (secondary N) is 1. The molecule has 0 bridgehead atoms. The summed E-state index contributed by atoms with van der Waals surface area (Å²) < 4.78 is 5.04. The van der Waals surface area contributed by atoms with Gasteiger partial charge in [0.2, 0.25) is 0 Å². The van der Waals surface area contributed by atoms with Crippen molar-refractivity contribution in [3.63, 3.8) is 0 Å². The molecular weight excluding hydrogens is 358 g/mol. The van der Waals surface area contributed by atoms with Crippen LogP contribution < -0.4 is 5.32 Å². The van der Waals surface area contributed by atoms with Crippen LogP contribution in [0.1, 0.15) is 31.2 Å². The Hall–Kier alpha value is -1.67. The highest BCUT2D eigenvalue weighted by molar-refractivity contribution is 8.00. The number of ether oxygens (including phenoxy) is 1. The van der Waals surface area contributed by atoms with Gasteiger partial charge in [-0.25, -0.2) is 9.97 Å². The maximum atomic E-state index is 11.9. The van der Waals surface area contributed by atoms with Gasteiger partial charge in [0.1, 0.15) is 16.2 Å². The first-order chi connectivity index (χ1) is 11.8. The molecule has 2 aromatic heterocycles. The molecule has 1 N–H and O–H groups in total. The summed E-state index contributed by atoms with van der Waals surface area (Å²) in [6.45, 7) is 9.77. The van der Waals surface area contributed by atoms with Crippen LogP contribution in [-0.4, -0.2) is 40.2 Å². The van der Waals surface area contributed by atoms with E-state index in [1.54, 1.807) is 11.3 Å². The minimum absolute atomic E-state index is 0.0414. The van der Waals surface area contributed by atoms with Crippen molar-refractivity contribution >= 4 is 45.2 Å². The lowest BCUT2D eigenvalue weighted by atomic mass is 10.1. The van der Waals surface area contributed by atoms with Gasteiger partial charge < -0.3 is 10.1 Å². The lowest BCUT2D eigenvalue weighted by Gasteiger charge is -2.17. The lowest BCUT2D eigenvalue weighted by molar-refractivity contribution is -0.146. The van der Waals surface area contributed by atoms with Gasteiger partial charge in [0.15, 0.2) is 6.61 Å². The SMILES string of the molecule is Cc1sc2ncnc(SCC(=O)OCC(=O)N[C@H](C)C(C)C)c2c1C. The summed E-state index contributed by atoms with van der Waals surface area (Å²) in [6, 6.07) is 0.0414. The first-order valence-electron chi connectivity index (χ1n) is 8.08. The normalized spacial score (nSPS) is 12.4. The van der Waals surface area contributed by atoms with Crippen LogP contribution in [0, 0.1) is 19.8 Å². The lowest BCUT2D eigenvalue weighted by Crippen LogP contribution is -2.38. The van der Waals surface area contributed by atoms with Crippen LogP contribution in [0.4, 0.5) is 0 Å². The number of rotatable bonds is 7. The Kier molecular flexibility index (Phi) is 6.78. The molecule has 2 rings (SSSR count). The van der Waals surface area contributed by atoms with Crippen LogP contribution in [0.2, 0.25) is 0 Å².